The van der Waals surface area contributed by atoms with E-state index in [1.165, 1.54) is 25.3 Å². The van der Waals surface area contributed by atoms with E-state index in [1.54, 1.807) is 11.0 Å². The normalized spacial score (nSPS) is 25.4. The van der Waals surface area contributed by atoms with Crippen LogP contribution in [-0.2, 0) is 14.9 Å². The van der Waals surface area contributed by atoms with Crippen molar-refractivity contribution < 1.29 is 18.3 Å². The lowest BCUT2D eigenvalue weighted by molar-refractivity contribution is -0.138. The smallest absolute Gasteiger partial charge is 0.248 e. The van der Waals surface area contributed by atoms with Crippen LogP contribution in [0.2, 0.25) is 0 Å². The lowest BCUT2D eigenvalue weighted by Crippen LogP contribution is -2.62. The zero-order valence-corrected chi connectivity index (χ0v) is 18.4. The van der Waals surface area contributed by atoms with Crippen LogP contribution in [0.1, 0.15) is 43.9 Å². The zero-order valence-electron chi connectivity index (χ0n) is 18.4. The number of ether oxygens (including phenoxy) is 1. The molecule has 168 valence electrons. The molecular weight excluding hydrogens is 414 g/mol. The highest BCUT2D eigenvalue weighted by Gasteiger charge is 2.61. The first-order valence-electron chi connectivity index (χ1n) is 10.8. The highest BCUT2D eigenvalue weighted by Crippen LogP contribution is 2.63. The Hall–Kier alpha value is -2.92. The molecular formula is C24H26F2N4O2. The number of halogens is 2. The van der Waals surface area contributed by atoms with Gasteiger partial charge in [-0.05, 0) is 47.9 Å². The third-order valence-corrected chi connectivity index (χ3v) is 7.35. The van der Waals surface area contributed by atoms with Gasteiger partial charge >= 0.3 is 0 Å². The second-order valence-electron chi connectivity index (χ2n) is 8.89. The van der Waals surface area contributed by atoms with Crippen molar-refractivity contribution in [3.8, 4) is 17.3 Å². The van der Waals surface area contributed by atoms with Gasteiger partial charge in [-0.15, -0.1) is 0 Å². The average molecular weight is 440 g/mol. The van der Waals surface area contributed by atoms with E-state index in [0.29, 0.717) is 19.0 Å². The Morgan fingerprint density at radius 3 is 2.66 bits per heavy atom. The first-order valence-corrected chi connectivity index (χ1v) is 10.8. The number of nitrogens with zero attached hydrogens (tertiary/aromatic N) is 4. The Bertz CT molecular complexity index is 1070. The molecule has 8 heteroatoms. The van der Waals surface area contributed by atoms with E-state index in [-0.39, 0.29) is 42.0 Å². The number of carbonyl (C=O) groups excluding carboxylic acids is 1. The Balaban J connectivity index is 1.74. The topological polar surface area (TPSA) is 79.1 Å². The zero-order chi connectivity index (χ0) is 23.0. The summed E-state index contributed by atoms with van der Waals surface area (Å²) in [6.07, 6.45) is 1.08. The average Bonchev–Trinajstić information content (AvgIpc) is 2.77. The highest BCUT2D eigenvalue weighted by atomic mass is 19.1. The van der Waals surface area contributed by atoms with Crippen molar-refractivity contribution in [3.05, 3.63) is 47.2 Å². The molecule has 0 saturated heterocycles. The molecule has 1 saturated carbocycles. The molecule has 4 atom stereocenters. The van der Waals surface area contributed by atoms with E-state index in [9.17, 15) is 13.6 Å². The Kier molecular flexibility index (Phi) is 5.95. The summed E-state index contributed by atoms with van der Waals surface area (Å²) in [5, 5.41) is 17.7. The standard InChI is InChI=1S/C24H26F2N4O2/c1-14-16-10-20(22-18(25)6-4-7-19(22)26)28-29-23(16)24(11-17(14)15(24)2)13-30(9-5-8-27)21(31)12-32-3/h4,6-7,10,14-15,17H,5,9,11-13H2,1-3H3/t14-,15?,17?,24-/m1/s1. The number of rotatable bonds is 7. The summed E-state index contributed by atoms with van der Waals surface area (Å²) in [5.41, 5.74) is 1.30. The van der Waals surface area contributed by atoms with Gasteiger partial charge in [0.25, 0.3) is 0 Å². The minimum absolute atomic E-state index is 0.0558. The molecule has 32 heavy (non-hydrogen) atoms. The minimum Gasteiger partial charge on any atom is -0.375 e. The van der Waals surface area contributed by atoms with Gasteiger partial charge in [-0.3, -0.25) is 4.79 Å². The predicted molar refractivity (Wildman–Crippen MR) is 113 cm³/mol. The van der Waals surface area contributed by atoms with E-state index in [0.717, 1.165) is 17.7 Å². The van der Waals surface area contributed by atoms with Crippen LogP contribution < -0.4 is 0 Å². The van der Waals surface area contributed by atoms with E-state index < -0.39 is 17.0 Å². The van der Waals surface area contributed by atoms with Crippen LogP contribution in [0.15, 0.2) is 24.3 Å². The fraction of sp³-hybridized carbons (Fsp3) is 0.500. The quantitative estimate of drug-likeness (QED) is 0.654. The van der Waals surface area contributed by atoms with Crippen molar-refractivity contribution in [2.75, 3.05) is 26.8 Å². The summed E-state index contributed by atoms with van der Waals surface area (Å²) in [5.74, 6) is -0.734. The van der Waals surface area contributed by atoms with Gasteiger partial charge in [-0.25, -0.2) is 8.78 Å². The Morgan fingerprint density at radius 1 is 1.31 bits per heavy atom. The molecule has 0 aliphatic heterocycles. The summed E-state index contributed by atoms with van der Waals surface area (Å²) in [6.45, 7) is 4.93. The second-order valence-corrected chi connectivity index (χ2v) is 8.89. The van der Waals surface area contributed by atoms with Crippen molar-refractivity contribution in [3.63, 3.8) is 0 Å². The molecule has 0 spiro atoms. The summed E-state index contributed by atoms with van der Waals surface area (Å²) < 4.78 is 33.7. The van der Waals surface area contributed by atoms with Crippen LogP contribution in [0.3, 0.4) is 0 Å². The molecule has 1 amide bonds. The maximum Gasteiger partial charge on any atom is 0.248 e. The van der Waals surface area contributed by atoms with E-state index >= 15 is 0 Å². The molecule has 1 heterocycles. The molecule has 0 N–H and O–H groups in total. The number of hydrogen-bond acceptors (Lipinski definition) is 5. The van der Waals surface area contributed by atoms with Gasteiger partial charge in [0.2, 0.25) is 5.91 Å². The molecule has 1 aromatic heterocycles. The number of hydrogen-bond donors (Lipinski definition) is 0. The number of benzene rings is 1. The molecule has 2 bridgehead atoms. The highest BCUT2D eigenvalue weighted by molar-refractivity contribution is 5.77. The lowest BCUT2D eigenvalue weighted by Gasteiger charge is -2.61. The van der Waals surface area contributed by atoms with Crippen molar-refractivity contribution in [2.24, 2.45) is 11.8 Å². The maximum absolute atomic E-state index is 14.3. The number of carbonyl (C=O) groups is 1. The molecule has 6 nitrogen and oxygen atoms in total. The molecule has 2 aromatic rings. The van der Waals surface area contributed by atoms with E-state index in [4.69, 9.17) is 10.00 Å². The third-order valence-electron chi connectivity index (χ3n) is 7.35. The SMILES string of the molecule is COCC(=O)N(CCC#N)C[C@]12CC(C1C)[C@H](C)c1cc(-c3c(F)cccc3F)nnc12. The molecule has 5 rings (SSSR count). The van der Waals surface area contributed by atoms with Gasteiger partial charge in [-0.1, -0.05) is 19.9 Å². The molecule has 2 unspecified atom stereocenters. The van der Waals surface area contributed by atoms with Crippen LogP contribution in [0.25, 0.3) is 11.3 Å². The lowest BCUT2D eigenvalue weighted by atomic mass is 9.44. The van der Waals surface area contributed by atoms with Crippen molar-refractivity contribution >= 4 is 5.91 Å². The fourth-order valence-corrected chi connectivity index (χ4v) is 5.51. The van der Waals surface area contributed by atoms with Crippen LogP contribution in [0.4, 0.5) is 8.78 Å². The van der Waals surface area contributed by atoms with E-state index in [1.807, 2.05) is 0 Å². The van der Waals surface area contributed by atoms with Crippen LogP contribution >= 0.6 is 0 Å². The Labute approximate surface area is 186 Å². The van der Waals surface area contributed by atoms with Gasteiger partial charge in [0.05, 0.1) is 29.4 Å². The van der Waals surface area contributed by atoms with Gasteiger partial charge in [0, 0.05) is 25.6 Å². The monoisotopic (exact) mass is 440 g/mol. The first kappa shape index (κ1) is 22.3. The molecule has 3 aliphatic carbocycles. The van der Waals surface area contributed by atoms with Gasteiger partial charge < -0.3 is 9.64 Å². The molecule has 1 fully saturated rings. The van der Waals surface area contributed by atoms with Gasteiger partial charge in [-0.2, -0.15) is 15.5 Å². The van der Waals surface area contributed by atoms with Gasteiger partial charge in [0.15, 0.2) is 0 Å². The summed E-state index contributed by atoms with van der Waals surface area (Å²) in [7, 11) is 1.47. The van der Waals surface area contributed by atoms with E-state index in [2.05, 4.69) is 30.1 Å². The first-order chi connectivity index (χ1) is 15.3. The van der Waals surface area contributed by atoms with Crippen LogP contribution in [-0.4, -0.2) is 47.8 Å². The number of aromatic nitrogens is 2. The fourth-order valence-electron chi connectivity index (χ4n) is 5.51. The summed E-state index contributed by atoms with van der Waals surface area (Å²) in [6, 6.07) is 7.58. The van der Waals surface area contributed by atoms with Crippen LogP contribution in [0.5, 0.6) is 0 Å². The van der Waals surface area contributed by atoms with Crippen molar-refractivity contribution in [1.29, 1.82) is 5.26 Å². The number of amides is 1. The summed E-state index contributed by atoms with van der Waals surface area (Å²) in [4.78, 5) is 14.3. The van der Waals surface area contributed by atoms with Crippen LogP contribution in [0, 0.1) is 34.8 Å². The number of nitriles is 1. The predicted octanol–water partition coefficient (Wildman–Crippen LogP) is 3.82. The van der Waals surface area contributed by atoms with Gasteiger partial charge in [0.1, 0.15) is 18.2 Å². The van der Waals surface area contributed by atoms with Crippen molar-refractivity contribution in [2.45, 2.75) is 38.0 Å². The molecule has 0 radical (unpaired) electrons. The third kappa shape index (κ3) is 3.45. The minimum atomic E-state index is -0.677. The largest absolute Gasteiger partial charge is 0.375 e. The molecule has 3 aliphatic rings. The second kappa shape index (κ2) is 8.55. The Morgan fingerprint density at radius 2 is 2.03 bits per heavy atom. The van der Waals surface area contributed by atoms with Crippen molar-refractivity contribution in [1.82, 2.24) is 15.1 Å². The maximum atomic E-state index is 14.3. The molecule has 1 aromatic carbocycles. The summed E-state index contributed by atoms with van der Waals surface area (Å²) >= 11 is 0. The number of methoxy groups -OCH3 is 1.